The van der Waals surface area contributed by atoms with Gasteiger partial charge in [0.2, 0.25) is 0 Å². The van der Waals surface area contributed by atoms with Crippen LogP contribution in [0.5, 0.6) is 0 Å². The highest BCUT2D eigenvalue weighted by Crippen LogP contribution is 2.36. The van der Waals surface area contributed by atoms with Crippen molar-refractivity contribution in [3.63, 3.8) is 0 Å². The normalized spacial score (nSPS) is 28.8. The van der Waals surface area contributed by atoms with E-state index in [0.29, 0.717) is 0 Å². The second-order valence-corrected chi connectivity index (χ2v) is 4.40. The van der Waals surface area contributed by atoms with Gasteiger partial charge in [0.25, 0.3) is 0 Å². The maximum Gasteiger partial charge on any atom is -0.0210 e. The van der Waals surface area contributed by atoms with Gasteiger partial charge in [-0.1, -0.05) is 46.5 Å². The molecule has 2 unspecified atom stereocenters. The summed E-state index contributed by atoms with van der Waals surface area (Å²) in [5, 5.41) is 0. The summed E-state index contributed by atoms with van der Waals surface area (Å²) in [6, 6.07) is 0. The lowest BCUT2D eigenvalue weighted by Crippen LogP contribution is -2.17. The van der Waals surface area contributed by atoms with Gasteiger partial charge < -0.3 is 0 Å². The molecule has 0 nitrogen and oxygen atoms in total. The van der Waals surface area contributed by atoms with Crippen LogP contribution in [0.25, 0.3) is 0 Å². The van der Waals surface area contributed by atoms with Crippen LogP contribution < -0.4 is 0 Å². The molecule has 0 amide bonds. The molecule has 1 fully saturated rings. The zero-order valence-electron chi connectivity index (χ0n) is 8.60. The molecule has 2 radical (unpaired) electrons. The lowest BCUT2D eigenvalue weighted by atomic mass is 9.75. The summed E-state index contributed by atoms with van der Waals surface area (Å²) in [7, 11) is 0. The van der Waals surface area contributed by atoms with Gasteiger partial charge in [-0.05, 0) is 30.6 Å². The van der Waals surface area contributed by atoms with E-state index in [1.54, 1.807) is 0 Å². The van der Waals surface area contributed by atoms with Crippen molar-refractivity contribution in [2.45, 2.75) is 52.4 Å². The van der Waals surface area contributed by atoms with E-state index in [1.165, 1.54) is 32.1 Å². The summed E-state index contributed by atoms with van der Waals surface area (Å²) in [6.07, 6.45) is 8.05. The third-order valence-corrected chi connectivity index (χ3v) is 3.14. The molecule has 2 atom stereocenters. The first-order chi connectivity index (χ1) is 5.74. The van der Waals surface area contributed by atoms with Crippen molar-refractivity contribution in [2.75, 3.05) is 0 Å². The van der Waals surface area contributed by atoms with Crippen molar-refractivity contribution in [1.29, 1.82) is 0 Å². The average molecular weight is 166 g/mol. The molecular formula is C12H22. The maximum absolute atomic E-state index is 3.93. The topological polar surface area (TPSA) is 0 Å². The predicted octanol–water partition coefficient (Wildman–Crippen LogP) is 4.02. The molecule has 0 heteroatoms. The van der Waals surface area contributed by atoms with Crippen LogP contribution in [0.2, 0.25) is 0 Å². The molecule has 12 heavy (non-hydrogen) atoms. The van der Waals surface area contributed by atoms with Gasteiger partial charge >= 0.3 is 0 Å². The van der Waals surface area contributed by atoms with E-state index < -0.39 is 0 Å². The van der Waals surface area contributed by atoms with Crippen LogP contribution in [0.15, 0.2) is 0 Å². The molecule has 1 rings (SSSR count). The minimum atomic E-state index is 0.838. The Morgan fingerprint density at radius 2 is 2.33 bits per heavy atom. The minimum Gasteiger partial charge on any atom is -0.0625 e. The van der Waals surface area contributed by atoms with Gasteiger partial charge in [0.15, 0.2) is 0 Å². The maximum atomic E-state index is 3.93. The highest BCUT2D eigenvalue weighted by molar-refractivity contribution is 4.98. The lowest BCUT2D eigenvalue weighted by molar-refractivity contribution is 0.349. The number of rotatable bonds is 3. The van der Waals surface area contributed by atoms with E-state index in [4.69, 9.17) is 0 Å². The van der Waals surface area contributed by atoms with Crippen LogP contribution in [0.3, 0.4) is 0 Å². The van der Waals surface area contributed by atoms with Crippen molar-refractivity contribution < 1.29 is 0 Å². The van der Waals surface area contributed by atoms with Crippen LogP contribution in [0.1, 0.15) is 52.4 Å². The molecule has 0 aromatic heterocycles. The third-order valence-electron chi connectivity index (χ3n) is 3.14. The van der Waals surface area contributed by atoms with E-state index in [0.717, 1.165) is 18.3 Å². The smallest absolute Gasteiger partial charge is 0.0210 e. The highest BCUT2D eigenvalue weighted by Gasteiger charge is 2.23. The summed E-state index contributed by atoms with van der Waals surface area (Å²) < 4.78 is 0. The van der Waals surface area contributed by atoms with Gasteiger partial charge in [0.05, 0.1) is 0 Å². The molecule has 0 heterocycles. The van der Waals surface area contributed by atoms with Crippen molar-refractivity contribution >= 4 is 0 Å². The van der Waals surface area contributed by atoms with Crippen molar-refractivity contribution in [2.24, 2.45) is 11.8 Å². The molecule has 0 aliphatic heterocycles. The Morgan fingerprint density at radius 3 is 2.92 bits per heavy atom. The van der Waals surface area contributed by atoms with Crippen LogP contribution in [-0.4, -0.2) is 0 Å². The van der Waals surface area contributed by atoms with Crippen molar-refractivity contribution in [1.82, 2.24) is 0 Å². The minimum absolute atomic E-state index is 0.838. The van der Waals surface area contributed by atoms with E-state index in [-0.39, 0.29) is 0 Å². The Morgan fingerprint density at radius 1 is 1.58 bits per heavy atom. The predicted molar refractivity (Wildman–Crippen MR) is 54.6 cm³/mol. The molecule has 0 N–H and O–H groups in total. The second kappa shape index (κ2) is 4.89. The standard InChI is InChI=1S/C12H22/c1-4-6-11(3)12-8-5-7-10(2)9-12/h10-11H,1,4-9H2,2-3H3. The van der Waals surface area contributed by atoms with Gasteiger partial charge in [-0.2, -0.15) is 0 Å². The summed E-state index contributed by atoms with van der Waals surface area (Å²) in [5.41, 5.74) is 0. The van der Waals surface area contributed by atoms with Crippen molar-refractivity contribution in [3.8, 4) is 0 Å². The number of hydrogen-bond acceptors (Lipinski definition) is 0. The van der Waals surface area contributed by atoms with E-state index in [1.807, 2.05) is 5.92 Å². The summed E-state index contributed by atoms with van der Waals surface area (Å²) in [4.78, 5) is 0. The quantitative estimate of drug-likeness (QED) is 0.594. The Bertz CT molecular complexity index is 117. The van der Waals surface area contributed by atoms with Gasteiger partial charge in [0.1, 0.15) is 0 Å². The summed E-state index contributed by atoms with van der Waals surface area (Å²) >= 11 is 0. The summed E-state index contributed by atoms with van der Waals surface area (Å²) in [5.74, 6) is 3.60. The van der Waals surface area contributed by atoms with Gasteiger partial charge in [0, 0.05) is 0 Å². The Labute approximate surface area is 77.7 Å². The van der Waals surface area contributed by atoms with Gasteiger partial charge in [-0.3, -0.25) is 0 Å². The van der Waals surface area contributed by atoms with Crippen molar-refractivity contribution in [3.05, 3.63) is 12.8 Å². The molecular weight excluding hydrogens is 144 g/mol. The molecule has 0 saturated heterocycles. The SMILES string of the molecule is [CH2]CCC(C)[C]1CCCC(C)C1. The van der Waals surface area contributed by atoms with Gasteiger partial charge in [-0.15, -0.1) is 0 Å². The fourth-order valence-corrected chi connectivity index (χ4v) is 2.29. The fourth-order valence-electron chi connectivity index (χ4n) is 2.29. The highest BCUT2D eigenvalue weighted by atomic mass is 14.3. The Kier molecular flexibility index (Phi) is 4.11. The Balaban J connectivity index is 2.29. The van der Waals surface area contributed by atoms with E-state index in [2.05, 4.69) is 20.8 Å². The van der Waals surface area contributed by atoms with Crippen LogP contribution in [-0.2, 0) is 0 Å². The lowest BCUT2D eigenvalue weighted by Gasteiger charge is -2.30. The monoisotopic (exact) mass is 166 g/mol. The fraction of sp³-hybridized carbons (Fsp3) is 0.833. The largest absolute Gasteiger partial charge is 0.0625 e. The zero-order chi connectivity index (χ0) is 8.97. The third kappa shape index (κ3) is 2.80. The van der Waals surface area contributed by atoms with Gasteiger partial charge in [-0.25, -0.2) is 0 Å². The van der Waals surface area contributed by atoms with Crippen LogP contribution in [0.4, 0.5) is 0 Å². The average Bonchev–Trinajstić information content (AvgIpc) is 2.05. The first kappa shape index (κ1) is 10.1. The molecule has 0 aromatic carbocycles. The molecule has 1 saturated carbocycles. The molecule has 0 aromatic rings. The molecule has 0 bridgehead atoms. The summed E-state index contributed by atoms with van der Waals surface area (Å²) in [6.45, 7) is 8.68. The first-order valence-electron chi connectivity index (χ1n) is 5.38. The first-order valence-corrected chi connectivity index (χ1v) is 5.38. The van der Waals surface area contributed by atoms with Crippen LogP contribution in [0, 0.1) is 24.7 Å². The molecule has 1 aliphatic carbocycles. The molecule has 70 valence electrons. The molecule has 0 spiro atoms. The second-order valence-electron chi connectivity index (χ2n) is 4.40. The van der Waals surface area contributed by atoms with E-state index >= 15 is 0 Å². The van der Waals surface area contributed by atoms with E-state index in [9.17, 15) is 0 Å². The van der Waals surface area contributed by atoms with Crippen LogP contribution >= 0.6 is 0 Å². The molecule has 1 aliphatic rings. The Hall–Kier alpha value is 0. The zero-order valence-corrected chi connectivity index (χ0v) is 8.60. The number of hydrogen-bond donors (Lipinski definition) is 0.